The molecule has 0 aliphatic carbocycles. The molecule has 0 fully saturated rings. The van der Waals surface area contributed by atoms with E-state index >= 15 is 0 Å². The van der Waals surface area contributed by atoms with Crippen molar-refractivity contribution in [1.29, 1.82) is 0 Å². The molecular formula is C20H23N3O3S. The summed E-state index contributed by atoms with van der Waals surface area (Å²) in [6.45, 7) is 7.23. The van der Waals surface area contributed by atoms with E-state index in [0.717, 1.165) is 11.1 Å². The summed E-state index contributed by atoms with van der Waals surface area (Å²) in [6.07, 6.45) is 0.408. The average molecular weight is 385 g/mol. The number of nitrogens with one attached hydrogen (secondary N) is 1. The molecule has 0 aliphatic heterocycles. The molecule has 1 unspecified atom stereocenters. The van der Waals surface area contributed by atoms with E-state index < -0.39 is 16.1 Å². The van der Waals surface area contributed by atoms with Crippen molar-refractivity contribution >= 4 is 10.0 Å². The van der Waals surface area contributed by atoms with Gasteiger partial charge in [0.05, 0.1) is 4.90 Å². The van der Waals surface area contributed by atoms with Crippen LogP contribution in [0.4, 0.5) is 0 Å². The molecule has 1 atom stereocenters. The van der Waals surface area contributed by atoms with Gasteiger partial charge in [-0.25, -0.2) is 8.42 Å². The first kappa shape index (κ1) is 19.3. The van der Waals surface area contributed by atoms with Crippen molar-refractivity contribution in [2.45, 2.75) is 45.1 Å². The van der Waals surface area contributed by atoms with E-state index in [4.69, 9.17) is 4.42 Å². The number of hydrogen-bond acceptors (Lipinski definition) is 5. The number of aryl methyl sites for hydroxylation is 4. The molecule has 0 saturated heterocycles. The predicted molar refractivity (Wildman–Crippen MR) is 103 cm³/mol. The second-order valence-corrected chi connectivity index (χ2v) is 8.40. The summed E-state index contributed by atoms with van der Waals surface area (Å²) >= 11 is 0. The SMILES string of the molecule is Cc1cc(C)c(S(=O)(=O)NC(Cc2ccccc2)c2nnc(C)o2)c(C)c1. The fourth-order valence-electron chi connectivity index (χ4n) is 3.32. The van der Waals surface area contributed by atoms with Gasteiger partial charge in [-0.15, -0.1) is 10.2 Å². The maximum absolute atomic E-state index is 13.2. The van der Waals surface area contributed by atoms with Gasteiger partial charge in [0.25, 0.3) is 0 Å². The zero-order chi connectivity index (χ0) is 19.6. The minimum absolute atomic E-state index is 0.252. The molecular weight excluding hydrogens is 362 g/mol. The number of aromatic nitrogens is 2. The Morgan fingerprint density at radius 2 is 1.63 bits per heavy atom. The molecule has 1 N–H and O–H groups in total. The van der Waals surface area contributed by atoms with Gasteiger partial charge in [0.15, 0.2) is 0 Å². The summed E-state index contributed by atoms with van der Waals surface area (Å²) in [5.41, 5.74) is 3.41. The lowest BCUT2D eigenvalue weighted by atomic mass is 10.1. The monoisotopic (exact) mass is 385 g/mol. The van der Waals surface area contributed by atoms with Crippen molar-refractivity contribution in [2.24, 2.45) is 0 Å². The zero-order valence-electron chi connectivity index (χ0n) is 15.9. The third kappa shape index (κ3) is 4.43. The van der Waals surface area contributed by atoms with Crippen molar-refractivity contribution in [3.05, 3.63) is 76.5 Å². The maximum Gasteiger partial charge on any atom is 0.241 e. The van der Waals surface area contributed by atoms with Crippen molar-refractivity contribution < 1.29 is 12.8 Å². The van der Waals surface area contributed by atoms with Crippen LogP contribution < -0.4 is 4.72 Å². The molecule has 3 rings (SSSR count). The first-order valence-electron chi connectivity index (χ1n) is 8.70. The quantitative estimate of drug-likeness (QED) is 0.701. The van der Waals surface area contributed by atoms with Gasteiger partial charge < -0.3 is 4.42 Å². The molecule has 27 heavy (non-hydrogen) atoms. The summed E-state index contributed by atoms with van der Waals surface area (Å²) < 4.78 is 34.6. The highest BCUT2D eigenvalue weighted by molar-refractivity contribution is 7.89. The summed E-state index contributed by atoms with van der Waals surface area (Å²) in [5.74, 6) is 0.646. The standard InChI is InChI=1S/C20H23N3O3S/c1-13-10-14(2)19(15(3)11-13)27(24,25)23-18(20-22-21-16(4)26-20)12-17-8-6-5-7-9-17/h5-11,18,23H,12H2,1-4H3. The summed E-state index contributed by atoms with van der Waals surface area (Å²) in [5, 5.41) is 7.88. The van der Waals surface area contributed by atoms with E-state index in [2.05, 4.69) is 14.9 Å². The van der Waals surface area contributed by atoms with Crippen LogP contribution in [0.2, 0.25) is 0 Å². The van der Waals surface area contributed by atoms with E-state index in [0.29, 0.717) is 28.3 Å². The Hall–Kier alpha value is -2.51. The Kier molecular flexibility index (Phi) is 5.43. The predicted octanol–water partition coefficient (Wildman–Crippen LogP) is 3.57. The van der Waals surface area contributed by atoms with Gasteiger partial charge in [0.2, 0.25) is 21.8 Å². The van der Waals surface area contributed by atoms with Crippen LogP contribution in [0.1, 0.15) is 40.1 Å². The Labute approximate surface area is 159 Å². The maximum atomic E-state index is 13.2. The molecule has 7 heteroatoms. The fourth-order valence-corrected chi connectivity index (χ4v) is 4.96. The lowest BCUT2D eigenvalue weighted by Gasteiger charge is -2.18. The van der Waals surface area contributed by atoms with E-state index in [1.807, 2.05) is 49.4 Å². The van der Waals surface area contributed by atoms with E-state index in [1.54, 1.807) is 20.8 Å². The minimum Gasteiger partial charge on any atom is -0.424 e. The van der Waals surface area contributed by atoms with Gasteiger partial charge in [-0.2, -0.15) is 4.72 Å². The normalized spacial score (nSPS) is 12.9. The first-order valence-corrected chi connectivity index (χ1v) is 10.2. The second kappa shape index (κ2) is 7.62. The number of nitrogens with zero attached hydrogens (tertiary/aromatic N) is 2. The van der Waals surface area contributed by atoms with Crippen molar-refractivity contribution in [2.75, 3.05) is 0 Å². The van der Waals surface area contributed by atoms with E-state index in [-0.39, 0.29) is 5.89 Å². The number of hydrogen-bond donors (Lipinski definition) is 1. The van der Waals surface area contributed by atoms with Crippen LogP contribution in [-0.4, -0.2) is 18.6 Å². The van der Waals surface area contributed by atoms with Gasteiger partial charge in [-0.05, 0) is 43.9 Å². The Bertz CT molecular complexity index is 1020. The van der Waals surface area contributed by atoms with Crippen LogP contribution in [0.3, 0.4) is 0 Å². The summed E-state index contributed by atoms with van der Waals surface area (Å²) in [7, 11) is -3.77. The van der Waals surface area contributed by atoms with Crippen molar-refractivity contribution in [3.63, 3.8) is 0 Å². The van der Waals surface area contributed by atoms with Gasteiger partial charge in [0.1, 0.15) is 6.04 Å². The fraction of sp³-hybridized carbons (Fsp3) is 0.300. The molecule has 142 valence electrons. The highest BCUT2D eigenvalue weighted by atomic mass is 32.2. The number of rotatable bonds is 6. The van der Waals surface area contributed by atoms with Crippen LogP contribution in [0.25, 0.3) is 0 Å². The number of sulfonamides is 1. The molecule has 0 bridgehead atoms. The van der Waals surface area contributed by atoms with E-state index in [1.165, 1.54) is 0 Å². The molecule has 0 amide bonds. The van der Waals surface area contributed by atoms with Crippen molar-refractivity contribution in [3.8, 4) is 0 Å². The smallest absolute Gasteiger partial charge is 0.241 e. The van der Waals surface area contributed by atoms with E-state index in [9.17, 15) is 8.42 Å². The molecule has 3 aromatic rings. The van der Waals surface area contributed by atoms with Crippen LogP contribution in [-0.2, 0) is 16.4 Å². The third-order valence-electron chi connectivity index (χ3n) is 4.29. The molecule has 1 aromatic heterocycles. The van der Waals surface area contributed by atoms with Crippen LogP contribution >= 0.6 is 0 Å². The molecule has 0 aliphatic rings. The molecule has 6 nitrogen and oxygen atoms in total. The molecule has 0 radical (unpaired) electrons. The van der Waals surface area contributed by atoms with Gasteiger partial charge in [-0.1, -0.05) is 48.0 Å². The van der Waals surface area contributed by atoms with Gasteiger partial charge in [0, 0.05) is 6.92 Å². The van der Waals surface area contributed by atoms with Gasteiger partial charge in [-0.3, -0.25) is 0 Å². The highest BCUT2D eigenvalue weighted by Gasteiger charge is 2.28. The lowest BCUT2D eigenvalue weighted by molar-refractivity contribution is 0.411. The molecule has 0 saturated carbocycles. The minimum atomic E-state index is -3.77. The Balaban J connectivity index is 1.98. The topological polar surface area (TPSA) is 85.1 Å². The van der Waals surface area contributed by atoms with Crippen LogP contribution in [0.5, 0.6) is 0 Å². The highest BCUT2D eigenvalue weighted by Crippen LogP contribution is 2.25. The largest absolute Gasteiger partial charge is 0.424 e. The lowest BCUT2D eigenvalue weighted by Crippen LogP contribution is -2.31. The molecule has 2 aromatic carbocycles. The van der Waals surface area contributed by atoms with Crippen molar-refractivity contribution in [1.82, 2.24) is 14.9 Å². The molecule has 0 spiro atoms. The number of benzene rings is 2. The Morgan fingerprint density at radius 1 is 1.00 bits per heavy atom. The summed E-state index contributed by atoms with van der Waals surface area (Å²) in [4.78, 5) is 0.294. The average Bonchev–Trinajstić information content (AvgIpc) is 3.00. The zero-order valence-corrected chi connectivity index (χ0v) is 16.7. The van der Waals surface area contributed by atoms with Gasteiger partial charge >= 0.3 is 0 Å². The molecule has 1 heterocycles. The first-order chi connectivity index (χ1) is 12.8. The second-order valence-electron chi connectivity index (χ2n) is 6.75. The van der Waals surface area contributed by atoms with Crippen LogP contribution in [0.15, 0.2) is 51.8 Å². The Morgan fingerprint density at radius 3 is 2.19 bits per heavy atom. The van der Waals surface area contributed by atoms with Crippen LogP contribution in [0, 0.1) is 27.7 Å². The third-order valence-corrected chi connectivity index (χ3v) is 6.07. The summed E-state index contributed by atoms with van der Waals surface area (Å²) in [6, 6.07) is 12.7.